The highest BCUT2D eigenvalue weighted by molar-refractivity contribution is 6.22. The maximum atomic E-state index is 12.9. The molecule has 172 valence electrons. The molecule has 4 rings (SSSR count). The van der Waals surface area contributed by atoms with E-state index in [0.717, 1.165) is 16.0 Å². The molecule has 0 bridgehead atoms. The van der Waals surface area contributed by atoms with Gasteiger partial charge < -0.3 is 14.5 Å². The van der Waals surface area contributed by atoms with Crippen molar-refractivity contribution in [2.24, 2.45) is 0 Å². The summed E-state index contributed by atoms with van der Waals surface area (Å²) in [5.74, 6) is -0.644. The molecule has 2 aromatic rings. The molecule has 0 spiro atoms. The van der Waals surface area contributed by atoms with Gasteiger partial charge in [0.05, 0.1) is 11.1 Å². The van der Waals surface area contributed by atoms with Gasteiger partial charge in [0.1, 0.15) is 12.3 Å². The first kappa shape index (κ1) is 22.5. The molecule has 0 aliphatic carbocycles. The summed E-state index contributed by atoms with van der Waals surface area (Å²) in [5, 5.41) is 0. The van der Waals surface area contributed by atoms with Crippen molar-refractivity contribution in [3.8, 4) is 5.75 Å². The first-order chi connectivity index (χ1) is 15.8. The Morgan fingerprint density at radius 1 is 0.848 bits per heavy atom. The van der Waals surface area contributed by atoms with Crippen molar-refractivity contribution in [2.75, 3.05) is 39.3 Å². The van der Waals surface area contributed by atoms with E-state index in [2.05, 4.69) is 0 Å². The van der Waals surface area contributed by atoms with Gasteiger partial charge in [0.25, 0.3) is 17.7 Å². The summed E-state index contributed by atoms with van der Waals surface area (Å²) in [6.07, 6.45) is 0.614. The van der Waals surface area contributed by atoms with Gasteiger partial charge in [0, 0.05) is 26.2 Å². The first-order valence-electron chi connectivity index (χ1n) is 11.1. The van der Waals surface area contributed by atoms with Crippen molar-refractivity contribution in [1.82, 2.24) is 14.7 Å². The third-order valence-corrected chi connectivity index (χ3v) is 6.05. The Balaban J connectivity index is 1.30. The van der Waals surface area contributed by atoms with Crippen LogP contribution in [0.1, 0.15) is 38.3 Å². The molecule has 0 atom stereocenters. The number of hydrogen-bond donors (Lipinski definition) is 0. The topological polar surface area (TPSA) is 87.2 Å². The first-order valence-corrected chi connectivity index (χ1v) is 11.1. The van der Waals surface area contributed by atoms with Crippen LogP contribution in [0.25, 0.3) is 0 Å². The van der Waals surface area contributed by atoms with E-state index in [4.69, 9.17) is 4.74 Å². The Bertz CT molecular complexity index is 1080. The van der Waals surface area contributed by atoms with Crippen LogP contribution in [0.5, 0.6) is 5.75 Å². The van der Waals surface area contributed by atoms with E-state index in [1.807, 2.05) is 32.0 Å². The van der Waals surface area contributed by atoms with Crippen LogP contribution in [0.4, 0.5) is 0 Å². The highest BCUT2D eigenvalue weighted by Gasteiger charge is 2.37. The Kier molecular flexibility index (Phi) is 6.44. The molecule has 1 saturated heterocycles. The predicted octanol–water partition coefficient (Wildman–Crippen LogP) is 2.04. The number of hydrogen-bond acceptors (Lipinski definition) is 5. The number of fused-ring (bicyclic) bond motifs is 1. The van der Waals surface area contributed by atoms with E-state index < -0.39 is 11.8 Å². The third-order valence-electron chi connectivity index (χ3n) is 6.05. The summed E-state index contributed by atoms with van der Waals surface area (Å²) >= 11 is 0. The quantitative estimate of drug-likeness (QED) is 0.652. The minimum absolute atomic E-state index is 0.0626. The van der Waals surface area contributed by atoms with E-state index in [1.54, 1.807) is 34.1 Å². The van der Waals surface area contributed by atoms with E-state index in [-0.39, 0.29) is 25.0 Å². The molecule has 0 saturated carbocycles. The fourth-order valence-electron chi connectivity index (χ4n) is 4.23. The molecule has 0 radical (unpaired) electrons. The molecule has 2 heterocycles. The zero-order chi connectivity index (χ0) is 23.5. The number of benzene rings is 2. The van der Waals surface area contributed by atoms with Crippen LogP contribution in [0, 0.1) is 13.8 Å². The van der Waals surface area contributed by atoms with Crippen molar-refractivity contribution >= 4 is 23.6 Å². The second-order valence-corrected chi connectivity index (χ2v) is 8.41. The molecule has 33 heavy (non-hydrogen) atoms. The molecular weight excluding hydrogens is 422 g/mol. The van der Waals surface area contributed by atoms with Crippen LogP contribution in [-0.2, 0) is 9.59 Å². The second kappa shape index (κ2) is 9.44. The zero-order valence-electron chi connectivity index (χ0n) is 18.9. The highest BCUT2D eigenvalue weighted by atomic mass is 16.5. The highest BCUT2D eigenvalue weighted by Crippen LogP contribution is 2.22. The van der Waals surface area contributed by atoms with Gasteiger partial charge in [-0.1, -0.05) is 29.8 Å². The monoisotopic (exact) mass is 449 g/mol. The SMILES string of the molecule is Cc1ccc(OCC(=O)N2CCCN(C(=O)CN3C(=O)c4ccccc4C3=O)CC2)c(C)c1. The van der Waals surface area contributed by atoms with E-state index in [0.29, 0.717) is 49.5 Å². The summed E-state index contributed by atoms with van der Waals surface area (Å²) < 4.78 is 5.71. The molecule has 8 heteroatoms. The molecule has 8 nitrogen and oxygen atoms in total. The lowest BCUT2D eigenvalue weighted by molar-refractivity contribution is -0.134. The van der Waals surface area contributed by atoms with Crippen LogP contribution in [-0.4, -0.2) is 77.7 Å². The average molecular weight is 450 g/mol. The maximum absolute atomic E-state index is 12.9. The molecular formula is C25H27N3O5. The van der Waals surface area contributed by atoms with Gasteiger partial charge in [-0.2, -0.15) is 0 Å². The number of aryl methyl sites for hydroxylation is 2. The van der Waals surface area contributed by atoms with Crippen molar-refractivity contribution in [3.05, 3.63) is 64.7 Å². The fraction of sp³-hybridized carbons (Fsp3) is 0.360. The normalized spacial score (nSPS) is 16.0. The lowest BCUT2D eigenvalue weighted by Gasteiger charge is -2.24. The molecule has 2 aliphatic rings. The number of nitrogens with zero attached hydrogens (tertiary/aromatic N) is 3. The van der Waals surface area contributed by atoms with Gasteiger partial charge >= 0.3 is 0 Å². The van der Waals surface area contributed by atoms with Crippen LogP contribution < -0.4 is 4.74 Å². The summed E-state index contributed by atoms with van der Waals surface area (Å²) in [5.41, 5.74) is 2.76. The lowest BCUT2D eigenvalue weighted by Crippen LogP contribution is -2.44. The van der Waals surface area contributed by atoms with Crippen molar-refractivity contribution < 1.29 is 23.9 Å². The van der Waals surface area contributed by atoms with Gasteiger partial charge in [-0.05, 0) is 44.0 Å². The molecule has 1 fully saturated rings. The Morgan fingerprint density at radius 3 is 2.06 bits per heavy atom. The smallest absolute Gasteiger partial charge is 0.262 e. The van der Waals surface area contributed by atoms with Gasteiger partial charge in [-0.25, -0.2) is 0 Å². The minimum Gasteiger partial charge on any atom is -0.484 e. The van der Waals surface area contributed by atoms with Gasteiger partial charge in [0.2, 0.25) is 5.91 Å². The molecule has 4 amide bonds. The number of carbonyl (C=O) groups is 4. The Hall–Kier alpha value is -3.68. The zero-order valence-corrected chi connectivity index (χ0v) is 18.9. The third kappa shape index (κ3) is 4.74. The minimum atomic E-state index is -0.445. The Morgan fingerprint density at radius 2 is 1.45 bits per heavy atom. The number of ether oxygens (including phenoxy) is 1. The molecule has 0 aromatic heterocycles. The number of imide groups is 1. The van der Waals surface area contributed by atoms with E-state index in [9.17, 15) is 19.2 Å². The summed E-state index contributed by atoms with van der Waals surface area (Å²) in [7, 11) is 0. The van der Waals surface area contributed by atoms with Crippen LogP contribution >= 0.6 is 0 Å². The van der Waals surface area contributed by atoms with E-state index in [1.165, 1.54) is 0 Å². The maximum Gasteiger partial charge on any atom is 0.262 e. The Labute approximate surface area is 192 Å². The van der Waals surface area contributed by atoms with Crippen LogP contribution in [0.2, 0.25) is 0 Å². The molecule has 2 aromatic carbocycles. The fourth-order valence-corrected chi connectivity index (χ4v) is 4.23. The van der Waals surface area contributed by atoms with Crippen molar-refractivity contribution in [3.63, 3.8) is 0 Å². The van der Waals surface area contributed by atoms with Crippen molar-refractivity contribution in [2.45, 2.75) is 20.3 Å². The average Bonchev–Trinajstić information content (AvgIpc) is 2.97. The largest absolute Gasteiger partial charge is 0.484 e. The summed E-state index contributed by atoms with van der Waals surface area (Å²) in [6, 6.07) is 12.4. The number of rotatable bonds is 5. The number of amides is 4. The second-order valence-electron chi connectivity index (χ2n) is 8.41. The van der Waals surface area contributed by atoms with Crippen molar-refractivity contribution in [1.29, 1.82) is 0 Å². The molecule has 0 N–H and O–H groups in total. The van der Waals surface area contributed by atoms with Gasteiger partial charge in [-0.3, -0.25) is 24.1 Å². The molecule has 0 unspecified atom stereocenters. The van der Waals surface area contributed by atoms with E-state index >= 15 is 0 Å². The van der Waals surface area contributed by atoms with Crippen LogP contribution in [0.3, 0.4) is 0 Å². The van der Waals surface area contributed by atoms with Gasteiger partial charge in [-0.15, -0.1) is 0 Å². The summed E-state index contributed by atoms with van der Waals surface area (Å²) in [4.78, 5) is 54.9. The van der Waals surface area contributed by atoms with Gasteiger partial charge in [0.15, 0.2) is 6.61 Å². The standard InChI is InChI=1S/C25H27N3O5/c1-17-8-9-21(18(2)14-17)33-16-23(30)27-11-5-10-26(12-13-27)22(29)15-28-24(31)19-6-3-4-7-20(19)25(28)32/h3-4,6-9,14H,5,10-13,15-16H2,1-2H3. The number of carbonyl (C=O) groups excluding carboxylic acids is 4. The predicted molar refractivity (Wildman–Crippen MR) is 121 cm³/mol. The lowest BCUT2D eigenvalue weighted by atomic mass is 10.1. The summed E-state index contributed by atoms with van der Waals surface area (Å²) in [6.45, 7) is 5.29. The molecule has 2 aliphatic heterocycles. The van der Waals surface area contributed by atoms with Crippen LogP contribution in [0.15, 0.2) is 42.5 Å².